The number of hydrogen-bond acceptors (Lipinski definition) is 2. The summed E-state index contributed by atoms with van der Waals surface area (Å²) in [4.78, 5) is 0. The molecule has 1 aliphatic carbocycles. The predicted molar refractivity (Wildman–Crippen MR) is 56.2 cm³/mol. The highest BCUT2D eigenvalue weighted by atomic mass is 19.4. The summed E-state index contributed by atoms with van der Waals surface area (Å²) < 4.78 is 37.3. The molecule has 0 aromatic rings. The summed E-state index contributed by atoms with van der Waals surface area (Å²) in [5.41, 5.74) is 0. The average molecular weight is 236 g/mol. The van der Waals surface area contributed by atoms with Crippen LogP contribution in [0.1, 0.15) is 32.1 Å². The molecule has 0 spiro atoms. The van der Waals surface area contributed by atoms with Crippen LogP contribution in [0.15, 0.2) is 0 Å². The number of nitrogens with one attached hydrogen (secondary N) is 2. The van der Waals surface area contributed by atoms with Crippen LogP contribution in [0.3, 0.4) is 0 Å². The third-order valence-electron chi connectivity index (χ3n) is 3.72. The Kier molecular flexibility index (Phi) is 3.74. The van der Waals surface area contributed by atoms with Gasteiger partial charge in [0.2, 0.25) is 0 Å². The summed E-state index contributed by atoms with van der Waals surface area (Å²) in [6, 6.07) is 0.760. The third-order valence-corrected chi connectivity index (χ3v) is 3.72. The van der Waals surface area contributed by atoms with Gasteiger partial charge < -0.3 is 10.6 Å². The first-order valence-corrected chi connectivity index (χ1v) is 6.09. The van der Waals surface area contributed by atoms with Gasteiger partial charge in [0.15, 0.2) is 0 Å². The van der Waals surface area contributed by atoms with Crippen molar-refractivity contribution in [3.63, 3.8) is 0 Å². The van der Waals surface area contributed by atoms with Crippen molar-refractivity contribution in [2.75, 3.05) is 13.1 Å². The van der Waals surface area contributed by atoms with Crippen molar-refractivity contribution in [2.24, 2.45) is 5.92 Å². The lowest BCUT2D eigenvalue weighted by Gasteiger charge is -2.31. The first-order chi connectivity index (χ1) is 7.55. The molecule has 16 heavy (non-hydrogen) atoms. The smallest absolute Gasteiger partial charge is 0.315 e. The first kappa shape index (κ1) is 12.2. The van der Waals surface area contributed by atoms with E-state index >= 15 is 0 Å². The van der Waals surface area contributed by atoms with E-state index in [0.29, 0.717) is 37.8 Å². The number of halogens is 3. The Morgan fingerprint density at radius 2 is 1.62 bits per heavy atom. The highest BCUT2D eigenvalue weighted by Gasteiger charge is 2.41. The van der Waals surface area contributed by atoms with E-state index in [0.717, 1.165) is 19.5 Å². The minimum atomic E-state index is -3.99. The van der Waals surface area contributed by atoms with E-state index in [1.165, 1.54) is 0 Å². The maximum absolute atomic E-state index is 12.4. The lowest BCUT2D eigenvalue weighted by atomic mass is 9.85. The minimum absolute atomic E-state index is 0.293. The Labute approximate surface area is 94.0 Å². The lowest BCUT2D eigenvalue weighted by molar-refractivity contribution is -0.182. The van der Waals surface area contributed by atoms with Crippen molar-refractivity contribution < 1.29 is 13.2 Å². The van der Waals surface area contributed by atoms with Crippen LogP contribution in [0.2, 0.25) is 0 Å². The van der Waals surface area contributed by atoms with Gasteiger partial charge in [0.05, 0.1) is 5.92 Å². The largest absolute Gasteiger partial charge is 0.391 e. The van der Waals surface area contributed by atoms with Crippen molar-refractivity contribution in [2.45, 2.75) is 50.4 Å². The molecule has 5 heteroatoms. The van der Waals surface area contributed by atoms with Crippen LogP contribution in [0.5, 0.6) is 0 Å². The quantitative estimate of drug-likeness (QED) is 0.767. The van der Waals surface area contributed by atoms with E-state index in [1.54, 1.807) is 0 Å². The first-order valence-electron chi connectivity index (χ1n) is 6.09. The van der Waals surface area contributed by atoms with Crippen LogP contribution < -0.4 is 10.6 Å². The maximum atomic E-state index is 12.4. The van der Waals surface area contributed by atoms with Gasteiger partial charge in [-0.3, -0.25) is 0 Å². The molecular formula is C11H19F3N2. The van der Waals surface area contributed by atoms with Gasteiger partial charge in [-0.1, -0.05) is 0 Å². The van der Waals surface area contributed by atoms with Crippen LogP contribution in [-0.2, 0) is 0 Å². The Hall–Kier alpha value is -0.290. The van der Waals surface area contributed by atoms with E-state index < -0.39 is 12.1 Å². The summed E-state index contributed by atoms with van der Waals surface area (Å²) in [6.45, 7) is 1.98. The summed E-state index contributed by atoms with van der Waals surface area (Å²) in [5, 5.41) is 6.71. The van der Waals surface area contributed by atoms with E-state index in [4.69, 9.17) is 0 Å². The topological polar surface area (TPSA) is 24.1 Å². The number of hydrogen-bond donors (Lipinski definition) is 2. The molecule has 0 bridgehead atoms. The molecule has 1 heterocycles. The number of alkyl halides is 3. The summed E-state index contributed by atoms with van der Waals surface area (Å²) in [7, 11) is 0. The third kappa shape index (κ3) is 3.10. The lowest BCUT2D eigenvalue weighted by Crippen LogP contribution is -2.43. The normalized spacial score (nSPS) is 36.6. The molecule has 2 N–H and O–H groups in total. The second kappa shape index (κ2) is 4.92. The van der Waals surface area contributed by atoms with Crippen LogP contribution in [-0.4, -0.2) is 31.3 Å². The Balaban J connectivity index is 1.72. The monoisotopic (exact) mass is 236 g/mol. The highest BCUT2D eigenvalue weighted by molar-refractivity contribution is 4.85. The molecule has 2 nitrogen and oxygen atoms in total. The van der Waals surface area contributed by atoms with Gasteiger partial charge in [0.1, 0.15) is 0 Å². The summed E-state index contributed by atoms with van der Waals surface area (Å²) in [6.07, 6.45) is -0.969. The number of rotatable bonds is 2. The molecule has 1 unspecified atom stereocenters. The van der Waals surface area contributed by atoms with E-state index in [2.05, 4.69) is 10.6 Å². The summed E-state index contributed by atoms with van der Waals surface area (Å²) >= 11 is 0. The SMILES string of the molecule is FC(F)(F)C1CCC(NC2CCNC2)CC1. The zero-order valence-corrected chi connectivity index (χ0v) is 9.32. The fraction of sp³-hybridized carbons (Fsp3) is 1.00. The van der Waals surface area contributed by atoms with Gasteiger partial charge in [-0.2, -0.15) is 13.2 Å². The molecule has 0 aromatic heterocycles. The molecule has 2 fully saturated rings. The Morgan fingerprint density at radius 3 is 2.12 bits per heavy atom. The zero-order chi connectivity index (χ0) is 11.6. The van der Waals surface area contributed by atoms with Crippen LogP contribution in [0.4, 0.5) is 13.2 Å². The van der Waals surface area contributed by atoms with Crippen molar-refractivity contribution in [1.29, 1.82) is 0 Å². The molecule has 1 aliphatic heterocycles. The van der Waals surface area contributed by atoms with Gasteiger partial charge in [0.25, 0.3) is 0 Å². The molecule has 0 aromatic carbocycles. The minimum Gasteiger partial charge on any atom is -0.315 e. The molecule has 1 saturated heterocycles. The van der Waals surface area contributed by atoms with Gasteiger partial charge in [-0.15, -0.1) is 0 Å². The molecule has 2 rings (SSSR count). The van der Waals surface area contributed by atoms with Gasteiger partial charge in [-0.25, -0.2) is 0 Å². The van der Waals surface area contributed by atoms with E-state index in [-0.39, 0.29) is 0 Å². The zero-order valence-electron chi connectivity index (χ0n) is 9.32. The Bertz CT molecular complexity index is 216. The molecule has 2 aliphatic rings. The van der Waals surface area contributed by atoms with Crippen molar-refractivity contribution in [3.05, 3.63) is 0 Å². The average Bonchev–Trinajstić information content (AvgIpc) is 2.70. The standard InChI is InChI=1S/C11H19F3N2/c12-11(13,14)8-1-3-9(4-2-8)16-10-5-6-15-7-10/h8-10,15-16H,1-7H2. The molecular weight excluding hydrogens is 217 g/mol. The molecule has 94 valence electrons. The fourth-order valence-electron chi connectivity index (χ4n) is 2.72. The Morgan fingerprint density at radius 1 is 0.938 bits per heavy atom. The summed E-state index contributed by atoms with van der Waals surface area (Å²) in [5.74, 6) is -1.06. The van der Waals surface area contributed by atoms with Crippen LogP contribution in [0, 0.1) is 5.92 Å². The predicted octanol–water partition coefficient (Wildman–Crippen LogP) is 2.06. The molecule has 1 atom stereocenters. The second-order valence-corrected chi connectivity index (χ2v) is 4.95. The molecule has 0 radical (unpaired) electrons. The van der Waals surface area contributed by atoms with E-state index in [9.17, 15) is 13.2 Å². The van der Waals surface area contributed by atoms with Gasteiger partial charge in [-0.05, 0) is 38.6 Å². The molecule has 0 amide bonds. The van der Waals surface area contributed by atoms with Gasteiger partial charge in [0, 0.05) is 18.6 Å². The molecule has 1 saturated carbocycles. The van der Waals surface area contributed by atoms with Gasteiger partial charge >= 0.3 is 6.18 Å². The maximum Gasteiger partial charge on any atom is 0.391 e. The highest BCUT2D eigenvalue weighted by Crippen LogP contribution is 2.37. The van der Waals surface area contributed by atoms with Crippen molar-refractivity contribution in [1.82, 2.24) is 10.6 Å². The van der Waals surface area contributed by atoms with Crippen LogP contribution in [0.25, 0.3) is 0 Å². The van der Waals surface area contributed by atoms with E-state index in [1.807, 2.05) is 0 Å². The second-order valence-electron chi connectivity index (χ2n) is 4.95. The van der Waals surface area contributed by atoms with Crippen molar-refractivity contribution >= 4 is 0 Å². The van der Waals surface area contributed by atoms with Crippen molar-refractivity contribution in [3.8, 4) is 0 Å². The van der Waals surface area contributed by atoms with Crippen LogP contribution >= 0.6 is 0 Å². The fourth-order valence-corrected chi connectivity index (χ4v) is 2.72.